The molecule has 0 unspecified atom stereocenters. The number of carbonyl (C=O) groups is 1. The van der Waals surface area contributed by atoms with Gasteiger partial charge < -0.3 is 20.3 Å². The van der Waals surface area contributed by atoms with Crippen molar-refractivity contribution >= 4 is 34.6 Å². The number of halogens is 2. The molecule has 0 aliphatic carbocycles. The SMILES string of the molecule is C=CC(=O)Nc1cc(Nc2cc(N3OCC[C@@H]3c3ccc(F)cc3F)ncn2)c(OC)cc1N1CCC(N2C[C@H]3C[C@@H]2CN3CC)CC1. The summed E-state index contributed by atoms with van der Waals surface area (Å²) >= 11 is 0. The highest BCUT2D eigenvalue weighted by Crippen LogP contribution is 2.42. The van der Waals surface area contributed by atoms with Crippen molar-refractivity contribution in [1.29, 1.82) is 0 Å². The molecule has 0 saturated carbocycles. The molecule has 254 valence electrons. The molecule has 11 nitrogen and oxygen atoms in total. The van der Waals surface area contributed by atoms with Crippen molar-refractivity contribution in [3.05, 3.63) is 72.6 Å². The van der Waals surface area contributed by atoms with E-state index in [1.807, 2.05) is 12.1 Å². The Morgan fingerprint density at radius 1 is 1.06 bits per heavy atom. The number of hydrogen-bond acceptors (Lipinski definition) is 10. The molecule has 1 amide bonds. The number of likely N-dealkylation sites (N-methyl/N-ethyl adjacent to an activating group) is 1. The van der Waals surface area contributed by atoms with Crippen LogP contribution in [0.1, 0.15) is 44.2 Å². The van der Waals surface area contributed by atoms with Crippen LogP contribution in [0.25, 0.3) is 0 Å². The fourth-order valence-corrected chi connectivity index (χ4v) is 7.86. The molecule has 4 saturated heterocycles. The lowest BCUT2D eigenvalue weighted by Gasteiger charge is -2.43. The number of nitrogens with zero attached hydrogens (tertiary/aromatic N) is 6. The van der Waals surface area contributed by atoms with Crippen LogP contribution >= 0.6 is 0 Å². The van der Waals surface area contributed by atoms with E-state index in [-0.39, 0.29) is 5.91 Å². The number of likely N-dealkylation sites (tertiary alicyclic amines) is 2. The lowest BCUT2D eigenvalue weighted by Crippen LogP contribution is -2.53. The highest BCUT2D eigenvalue weighted by Gasteiger charge is 2.45. The number of hydrogen-bond donors (Lipinski definition) is 2. The first kappa shape index (κ1) is 32.2. The van der Waals surface area contributed by atoms with E-state index >= 15 is 0 Å². The fourth-order valence-electron chi connectivity index (χ4n) is 7.86. The first-order valence-corrected chi connectivity index (χ1v) is 16.7. The summed E-state index contributed by atoms with van der Waals surface area (Å²) in [5.74, 6) is -0.179. The second-order valence-corrected chi connectivity index (χ2v) is 12.8. The monoisotopic (exact) mass is 660 g/mol. The van der Waals surface area contributed by atoms with Crippen LogP contribution in [0, 0.1) is 11.6 Å². The Morgan fingerprint density at radius 3 is 2.60 bits per heavy atom. The second-order valence-electron chi connectivity index (χ2n) is 12.8. The molecule has 2 aromatic carbocycles. The Bertz CT molecular complexity index is 1670. The minimum Gasteiger partial charge on any atom is -0.494 e. The average molecular weight is 661 g/mol. The van der Waals surface area contributed by atoms with Crippen molar-refractivity contribution in [3.8, 4) is 5.75 Å². The maximum absolute atomic E-state index is 14.7. The first-order chi connectivity index (χ1) is 23.3. The topological polar surface area (TPSA) is 98.3 Å². The van der Waals surface area contributed by atoms with E-state index in [9.17, 15) is 13.6 Å². The summed E-state index contributed by atoms with van der Waals surface area (Å²) in [5.41, 5.74) is 2.41. The molecule has 0 radical (unpaired) electrons. The van der Waals surface area contributed by atoms with Crippen molar-refractivity contribution in [2.24, 2.45) is 0 Å². The number of anilines is 5. The number of methoxy groups -OCH3 is 1. The van der Waals surface area contributed by atoms with E-state index in [1.165, 1.54) is 42.6 Å². The van der Waals surface area contributed by atoms with E-state index < -0.39 is 17.7 Å². The van der Waals surface area contributed by atoms with Gasteiger partial charge in [-0.2, -0.15) is 0 Å². The summed E-state index contributed by atoms with van der Waals surface area (Å²) in [6, 6.07) is 10.4. The zero-order valence-corrected chi connectivity index (χ0v) is 27.4. The molecular formula is C35H42F2N8O3. The molecule has 4 aliphatic heterocycles. The molecule has 4 fully saturated rings. The second kappa shape index (κ2) is 13.7. The van der Waals surface area contributed by atoms with Crippen LogP contribution < -0.4 is 25.3 Å². The van der Waals surface area contributed by atoms with Gasteiger partial charge in [0.2, 0.25) is 5.91 Å². The van der Waals surface area contributed by atoms with Gasteiger partial charge in [-0.1, -0.05) is 19.6 Å². The summed E-state index contributed by atoms with van der Waals surface area (Å²) < 4.78 is 34.1. The number of rotatable bonds is 10. The minimum atomic E-state index is -0.641. The van der Waals surface area contributed by atoms with Gasteiger partial charge in [0.25, 0.3) is 0 Å². The molecule has 3 aromatic rings. The number of aromatic nitrogens is 2. The molecule has 3 atom stereocenters. The fraction of sp³-hybridized carbons (Fsp3) is 0.457. The summed E-state index contributed by atoms with van der Waals surface area (Å²) in [5, 5.41) is 7.82. The van der Waals surface area contributed by atoms with Gasteiger partial charge in [-0.05, 0) is 44.0 Å². The van der Waals surface area contributed by atoms with Crippen LogP contribution in [-0.4, -0.2) is 90.2 Å². The average Bonchev–Trinajstić information content (AvgIpc) is 3.85. The predicted octanol–water partition coefficient (Wildman–Crippen LogP) is 5.26. The Kier molecular flexibility index (Phi) is 9.17. The predicted molar refractivity (Wildman–Crippen MR) is 181 cm³/mol. The van der Waals surface area contributed by atoms with Crippen LogP contribution in [0.15, 0.2) is 55.4 Å². The molecule has 2 N–H and O–H groups in total. The van der Waals surface area contributed by atoms with Crippen molar-refractivity contribution in [1.82, 2.24) is 19.8 Å². The van der Waals surface area contributed by atoms with Gasteiger partial charge >= 0.3 is 0 Å². The van der Waals surface area contributed by atoms with Crippen molar-refractivity contribution < 1.29 is 23.1 Å². The molecule has 48 heavy (non-hydrogen) atoms. The van der Waals surface area contributed by atoms with E-state index in [1.54, 1.807) is 13.2 Å². The van der Waals surface area contributed by atoms with Gasteiger partial charge in [-0.3, -0.25) is 19.4 Å². The van der Waals surface area contributed by atoms with Crippen LogP contribution in [0.3, 0.4) is 0 Å². The third-order valence-corrected chi connectivity index (χ3v) is 10.2. The number of nitrogens with one attached hydrogen (secondary N) is 2. The largest absolute Gasteiger partial charge is 0.494 e. The van der Waals surface area contributed by atoms with Gasteiger partial charge in [0.15, 0.2) is 5.82 Å². The maximum Gasteiger partial charge on any atom is 0.247 e. The highest BCUT2D eigenvalue weighted by atomic mass is 19.1. The molecule has 13 heteroatoms. The molecular weight excluding hydrogens is 618 g/mol. The van der Waals surface area contributed by atoms with Gasteiger partial charge in [0.05, 0.1) is 36.8 Å². The highest BCUT2D eigenvalue weighted by molar-refractivity contribution is 6.02. The maximum atomic E-state index is 14.7. The first-order valence-electron chi connectivity index (χ1n) is 16.7. The number of amides is 1. The smallest absolute Gasteiger partial charge is 0.247 e. The lowest BCUT2D eigenvalue weighted by atomic mass is 10.0. The van der Waals surface area contributed by atoms with Gasteiger partial charge in [0.1, 0.15) is 29.5 Å². The number of benzene rings is 2. The van der Waals surface area contributed by atoms with E-state index in [0.717, 1.165) is 50.8 Å². The van der Waals surface area contributed by atoms with Gasteiger partial charge in [0, 0.05) is 74.5 Å². The zero-order chi connectivity index (χ0) is 33.4. The molecule has 2 bridgehead atoms. The van der Waals surface area contributed by atoms with Gasteiger partial charge in [-0.15, -0.1) is 0 Å². The van der Waals surface area contributed by atoms with E-state index in [0.29, 0.717) is 65.5 Å². The van der Waals surface area contributed by atoms with Crippen LogP contribution in [0.2, 0.25) is 0 Å². The number of fused-ring (bicyclic) bond motifs is 2. The van der Waals surface area contributed by atoms with E-state index in [2.05, 4.69) is 48.8 Å². The number of hydroxylamine groups is 1. The standard InChI is InChI=1S/C35H42F2N8O3/c1-4-35(46)41-28-16-29(40-33-18-34(39-21-38-33)45-30(10-13-48-45)26-7-6-22(36)14-27(26)37)32(47-3)17-31(28)43-11-8-23(9-12-43)44-20-24-15-25(44)19-42(24)5-2/h4,6-7,14,16-18,21,23-25,30H,1,5,8-13,15,19-20H2,2-3H3,(H,41,46)(H,38,39,40)/t24-,25-,30-/m1/s1. The number of carbonyl (C=O) groups excluding carboxylic acids is 1. The Labute approximate surface area is 279 Å². The molecule has 4 aliphatic rings. The minimum absolute atomic E-state index is 0.314. The lowest BCUT2D eigenvalue weighted by molar-refractivity contribution is -0.111. The van der Waals surface area contributed by atoms with Crippen molar-refractivity contribution in [2.45, 2.75) is 56.8 Å². The Morgan fingerprint density at radius 2 is 1.90 bits per heavy atom. The number of piperidine rings is 1. The van der Waals surface area contributed by atoms with Crippen molar-refractivity contribution in [2.75, 3.05) is 67.0 Å². The van der Waals surface area contributed by atoms with Gasteiger partial charge in [-0.25, -0.2) is 23.8 Å². The molecule has 0 spiro atoms. The summed E-state index contributed by atoms with van der Waals surface area (Å²) in [6.45, 7) is 11.4. The van der Waals surface area contributed by atoms with Crippen molar-refractivity contribution in [3.63, 3.8) is 0 Å². The third-order valence-electron chi connectivity index (χ3n) is 10.2. The summed E-state index contributed by atoms with van der Waals surface area (Å²) in [7, 11) is 1.60. The third kappa shape index (κ3) is 6.29. The zero-order valence-electron chi connectivity index (χ0n) is 27.4. The molecule has 5 heterocycles. The quantitative estimate of drug-likeness (QED) is 0.280. The van der Waals surface area contributed by atoms with Crippen LogP contribution in [0.5, 0.6) is 5.75 Å². The normalized spacial score (nSPS) is 23.1. The number of ether oxygens (including phenoxy) is 1. The Balaban J connectivity index is 1.10. The Hall–Kier alpha value is -4.33. The van der Waals surface area contributed by atoms with Crippen LogP contribution in [-0.2, 0) is 9.63 Å². The summed E-state index contributed by atoms with van der Waals surface area (Å²) in [6.07, 6.45) is 6.53. The van der Waals surface area contributed by atoms with E-state index in [4.69, 9.17) is 9.57 Å². The number of piperazine rings is 1. The van der Waals surface area contributed by atoms with Crippen LogP contribution in [0.4, 0.5) is 37.5 Å². The molecule has 1 aromatic heterocycles. The molecule has 7 rings (SSSR count). The summed E-state index contributed by atoms with van der Waals surface area (Å²) in [4.78, 5) is 34.8.